The summed E-state index contributed by atoms with van der Waals surface area (Å²) in [6.07, 6.45) is -4.59. The van der Waals surface area contributed by atoms with Gasteiger partial charge in [-0.3, -0.25) is 0 Å². The number of aromatic hydroxyl groups is 1. The number of alkyl halides is 3. The highest BCUT2D eigenvalue weighted by Crippen LogP contribution is 2.35. The predicted octanol–water partition coefficient (Wildman–Crippen LogP) is 4.15. The molecule has 2 aromatic rings. The van der Waals surface area contributed by atoms with E-state index in [0.29, 0.717) is 11.6 Å². The summed E-state index contributed by atoms with van der Waals surface area (Å²) in [5, 5.41) is 9.52. The van der Waals surface area contributed by atoms with Crippen molar-refractivity contribution in [3.05, 3.63) is 48.0 Å². The molecule has 25 heavy (non-hydrogen) atoms. The molecular formula is C17H18F3NO3S. The molecule has 0 atom stereocenters. The SMILES string of the molecule is CC(C)(C)NS(=O)(=O)c1ccc(-c2cc(O)cc(C(F)(F)F)c2)cc1. The Morgan fingerprint density at radius 3 is 1.96 bits per heavy atom. The van der Waals surface area contributed by atoms with Crippen LogP contribution < -0.4 is 4.72 Å². The number of nitrogens with one attached hydrogen (secondary N) is 1. The Morgan fingerprint density at radius 1 is 0.920 bits per heavy atom. The second kappa shape index (κ2) is 6.34. The Balaban J connectivity index is 2.40. The summed E-state index contributed by atoms with van der Waals surface area (Å²) in [6, 6.07) is 8.12. The summed E-state index contributed by atoms with van der Waals surface area (Å²) in [5.41, 5.74) is -1.14. The quantitative estimate of drug-likeness (QED) is 0.849. The standard InChI is InChI=1S/C17H18F3NO3S/c1-16(2,3)21-25(23,24)15-6-4-11(5-7-15)12-8-13(17(18,19)20)10-14(22)9-12/h4-10,21-22H,1-3H3. The molecule has 0 fully saturated rings. The third-order valence-electron chi connectivity index (χ3n) is 3.18. The Labute approximate surface area is 144 Å². The van der Waals surface area contributed by atoms with E-state index in [1.807, 2.05) is 0 Å². The first-order valence-electron chi connectivity index (χ1n) is 7.34. The molecule has 0 aliphatic heterocycles. The van der Waals surface area contributed by atoms with E-state index in [-0.39, 0.29) is 10.5 Å². The van der Waals surface area contributed by atoms with E-state index < -0.39 is 33.1 Å². The number of benzene rings is 2. The van der Waals surface area contributed by atoms with Crippen molar-refractivity contribution in [2.24, 2.45) is 0 Å². The van der Waals surface area contributed by atoms with Crippen LogP contribution in [0.5, 0.6) is 5.75 Å². The molecule has 0 bridgehead atoms. The number of hydrogen-bond donors (Lipinski definition) is 2. The molecule has 2 rings (SSSR count). The van der Waals surface area contributed by atoms with Crippen molar-refractivity contribution in [3.8, 4) is 16.9 Å². The van der Waals surface area contributed by atoms with Gasteiger partial charge in [-0.2, -0.15) is 13.2 Å². The van der Waals surface area contributed by atoms with Crippen LogP contribution in [0.1, 0.15) is 26.3 Å². The van der Waals surface area contributed by atoms with Gasteiger partial charge in [0.25, 0.3) is 0 Å². The van der Waals surface area contributed by atoms with E-state index in [4.69, 9.17) is 0 Å². The second-order valence-electron chi connectivity index (χ2n) is 6.65. The van der Waals surface area contributed by atoms with Crippen LogP contribution in [0.15, 0.2) is 47.4 Å². The normalized spacial score (nSPS) is 13.0. The van der Waals surface area contributed by atoms with Gasteiger partial charge >= 0.3 is 6.18 Å². The van der Waals surface area contributed by atoms with Crippen LogP contribution in [0.3, 0.4) is 0 Å². The molecule has 2 N–H and O–H groups in total. The molecule has 8 heteroatoms. The van der Waals surface area contributed by atoms with Crippen LogP contribution in [-0.2, 0) is 16.2 Å². The average molecular weight is 373 g/mol. The smallest absolute Gasteiger partial charge is 0.416 e. The molecule has 0 aliphatic carbocycles. The molecule has 0 aliphatic rings. The van der Waals surface area contributed by atoms with Gasteiger partial charge in [0.05, 0.1) is 10.5 Å². The molecule has 4 nitrogen and oxygen atoms in total. The second-order valence-corrected chi connectivity index (χ2v) is 8.33. The zero-order valence-corrected chi connectivity index (χ0v) is 14.7. The predicted molar refractivity (Wildman–Crippen MR) is 88.6 cm³/mol. The van der Waals surface area contributed by atoms with Crippen LogP contribution in [0.25, 0.3) is 11.1 Å². The van der Waals surface area contributed by atoms with E-state index in [9.17, 15) is 26.7 Å². The summed E-state index contributed by atoms with van der Waals surface area (Å²) in [4.78, 5) is 0.00220. The van der Waals surface area contributed by atoms with Crippen molar-refractivity contribution >= 4 is 10.0 Å². The zero-order chi connectivity index (χ0) is 19.0. The van der Waals surface area contributed by atoms with Crippen molar-refractivity contribution in [1.82, 2.24) is 4.72 Å². The molecule has 2 aromatic carbocycles. The Bertz CT molecular complexity index is 867. The summed E-state index contributed by atoms with van der Waals surface area (Å²) in [7, 11) is -3.74. The van der Waals surface area contributed by atoms with E-state index in [1.165, 1.54) is 30.3 Å². The first-order valence-corrected chi connectivity index (χ1v) is 8.82. The lowest BCUT2D eigenvalue weighted by Gasteiger charge is -2.20. The summed E-state index contributed by atoms with van der Waals surface area (Å²) in [5.74, 6) is -0.518. The van der Waals surface area contributed by atoms with Gasteiger partial charge in [0.2, 0.25) is 10.0 Å². The van der Waals surface area contributed by atoms with Gasteiger partial charge < -0.3 is 5.11 Å². The van der Waals surface area contributed by atoms with Gasteiger partial charge in [0, 0.05) is 5.54 Å². The highest BCUT2D eigenvalue weighted by Gasteiger charge is 2.31. The number of phenols is 1. The highest BCUT2D eigenvalue weighted by atomic mass is 32.2. The van der Waals surface area contributed by atoms with E-state index in [1.54, 1.807) is 20.8 Å². The van der Waals surface area contributed by atoms with E-state index >= 15 is 0 Å². The lowest BCUT2D eigenvalue weighted by Crippen LogP contribution is -2.40. The molecule has 0 radical (unpaired) electrons. The topological polar surface area (TPSA) is 66.4 Å². The Hall–Kier alpha value is -2.06. The molecule has 0 saturated carbocycles. The van der Waals surface area contributed by atoms with Gasteiger partial charge in [0.1, 0.15) is 5.75 Å². The lowest BCUT2D eigenvalue weighted by atomic mass is 10.0. The van der Waals surface area contributed by atoms with Crippen molar-refractivity contribution < 1.29 is 26.7 Å². The highest BCUT2D eigenvalue weighted by molar-refractivity contribution is 7.89. The number of halogens is 3. The first-order chi connectivity index (χ1) is 11.3. The molecular weight excluding hydrogens is 355 g/mol. The number of sulfonamides is 1. The molecule has 0 unspecified atom stereocenters. The minimum atomic E-state index is -4.59. The zero-order valence-electron chi connectivity index (χ0n) is 13.8. The van der Waals surface area contributed by atoms with Crippen LogP contribution in [0, 0.1) is 0 Å². The van der Waals surface area contributed by atoms with Crippen molar-refractivity contribution in [2.75, 3.05) is 0 Å². The largest absolute Gasteiger partial charge is 0.508 e. The van der Waals surface area contributed by atoms with Crippen molar-refractivity contribution in [1.29, 1.82) is 0 Å². The molecule has 0 aromatic heterocycles. The van der Waals surface area contributed by atoms with Gasteiger partial charge in [-0.1, -0.05) is 12.1 Å². The van der Waals surface area contributed by atoms with Crippen LogP contribution >= 0.6 is 0 Å². The van der Waals surface area contributed by atoms with Crippen molar-refractivity contribution in [3.63, 3.8) is 0 Å². The first kappa shape index (κ1) is 19.3. The molecule has 0 amide bonds. The fraction of sp³-hybridized carbons (Fsp3) is 0.294. The fourth-order valence-corrected chi connectivity index (χ4v) is 3.65. The van der Waals surface area contributed by atoms with Crippen LogP contribution in [-0.4, -0.2) is 19.1 Å². The number of hydrogen-bond acceptors (Lipinski definition) is 3. The Kier molecular flexibility index (Phi) is 4.89. The number of rotatable bonds is 3. The molecule has 0 heterocycles. The van der Waals surface area contributed by atoms with Crippen LogP contribution in [0.2, 0.25) is 0 Å². The van der Waals surface area contributed by atoms with Crippen LogP contribution in [0.4, 0.5) is 13.2 Å². The van der Waals surface area contributed by atoms with Gasteiger partial charge in [-0.05, 0) is 62.2 Å². The minimum absolute atomic E-state index is 0.00220. The summed E-state index contributed by atoms with van der Waals surface area (Å²) < 4.78 is 65.5. The third kappa shape index (κ3) is 4.96. The maximum absolute atomic E-state index is 12.8. The monoisotopic (exact) mass is 373 g/mol. The number of phenolic OH excluding ortho intramolecular Hbond substituents is 1. The molecule has 0 saturated heterocycles. The van der Waals surface area contributed by atoms with Gasteiger partial charge in [-0.15, -0.1) is 0 Å². The lowest BCUT2D eigenvalue weighted by molar-refractivity contribution is -0.137. The maximum atomic E-state index is 12.8. The van der Waals surface area contributed by atoms with Gasteiger partial charge in [0.15, 0.2) is 0 Å². The fourth-order valence-electron chi connectivity index (χ4n) is 2.23. The summed E-state index contributed by atoms with van der Waals surface area (Å²) in [6.45, 7) is 5.10. The van der Waals surface area contributed by atoms with E-state index in [0.717, 1.165) is 6.07 Å². The summed E-state index contributed by atoms with van der Waals surface area (Å²) >= 11 is 0. The maximum Gasteiger partial charge on any atom is 0.416 e. The Morgan fingerprint density at radius 2 is 1.48 bits per heavy atom. The minimum Gasteiger partial charge on any atom is -0.508 e. The third-order valence-corrected chi connectivity index (χ3v) is 4.96. The average Bonchev–Trinajstić information content (AvgIpc) is 2.43. The van der Waals surface area contributed by atoms with E-state index in [2.05, 4.69) is 4.72 Å². The molecule has 136 valence electrons. The van der Waals surface area contributed by atoms with Crippen molar-refractivity contribution in [2.45, 2.75) is 37.4 Å². The molecule has 0 spiro atoms. The van der Waals surface area contributed by atoms with Gasteiger partial charge in [-0.25, -0.2) is 13.1 Å².